The second kappa shape index (κ2) is 7.75. The van der Waals surface area contributed by atoms with Gasteiger partial charge in [0, 0.05) is 23.7 Å². The fourth-order valence-electron chi connectivity index (χ4n) is 7.60. The summed E-state index contributed by atoms with van der Waals surface area (Å²) in [6, 6.07) is 0. The van der Waals surface area contributed by atoms with E-state index in [4.69, 9.17) is 172 Å². The average Bonchev–Trinajstić information content (AvgIpc) is 3.69. The van der Waals surface area contributed by atoms with Gasteiger partial charge >= 0.3 is 0 Å². The van der Waals surface area contributed by atoms with Crippen molar-refractivity contribution in [2.24, 2.45) is 23.7 Å². The van der Waals surface area contributed by atoms with Crippen molar-refractivity contribution in [2.45, 2.75) is 63.3 Å². The molecule has 0 unspecified atom stereocenters. The van der Waals surface area contributed by atoms with Crippen LogP contribution >= 0.6 is 162 Å². The molecule has 8 rings (SSSR count). The first-order chi connectivity index (χ1) is 16.4. The zero-order chi connectivity index (χ0) is 26.5. The fraction of sp³-hybridized carbons (Fsp3) is 0.800. The van der Waals surface area contributed by atoms with E-state index in [0.29, 0.717) is 0 Å². The van der Waals surface area contributed by atoms with Gasteiger partial charge in [-0.2, -0.15) is 0 Å². The normalized spacial score (nSPS) is 63.2. The van der Waals surface area contributed by atoms with E-state index in [0.717, 1.165) is 0 Å². The van der Waals surface area contributed by atoms with Crippen LogP contribution in [0.15, 0.2) is 20.1 Å². The van der Waals surface area contributed by atoms with Gasteiger partial charge in [-0.15, -0.1) is 69.6 Å². The number of rotatable bonds is 0. The summed E-state index contributed by atoms with van der Waals surface area (Å²) in [6.07, 6.45) is -0.305. The highest BCUT2D eigenvalue weighted by molar-refractivity contribution is 6.67. The van der Waals surface area contributed by atoms with Gasteiger partial charge in [-0.1, -0.05) is 92.8 Å². The van der Waals surface area contributed by atoms with E-state index in [1.807, 2.05) is 0 Å². The lowest BCUT2D eigenvalue weighted by Gasteiger charge is -2.35. The van der Waals surface area contributed by atoms with Crippen molar-refractivity contribution < 1.29 is 9.47 Å². The van der Waals surface area contributed by atoms with Crippen LogP contribution in [0.2, 0.25) is 0 Å². The van der Waals surface area contributed by atoms with Crippen molar-refractivity contribution in [3.8, 4) is 0 Å². The molecule has 0 aromatic carbocycles. The van der Waals surface area contributed by atoms with Crippen molar-refractivity contribution in [1.82, 2.24) is 0 Å². The van der Waals surface area contributed by atoms with Crippen LogP contribution in [0.4, 0.5) is 0 Å². The number of hydrogen-bond acceptors (Lipinski definition) is 2. The maximum Gasteiger partial charge on any atom is 0.166 e. The molecule has 0 amide bonds. The minimum absolute atomic E-state index is 0.0608. The molecule has 0 aromatic heterocycles. The van der Waals surface area contributed by atoms with Crippen LogP contribution in [0.3, 0.4) is 0 Å². The lowest BCUT2D eigenvalue weighted by Crippen LogP contribution is -2.46. The summed E-state index contributed by atoms with van der Waals surface area (Å²) < 4.78 is 8.00. The summed E-state index contributed by atoms with van der Waals surface area (Å²) in [5.41, 5.74) is 0. The fourth-order valence-corrected chi connectivity index (χ4v) is 15.0. The van der Waals surface area contributed by atoms with Crippen molar-refractivity contribution in [3.63, 3.8) is 0 Å². The van der Waals surface area contributed by atoms with Gasteiger partial charge in [-0.05, 0) is 0 Å². The van der Waals surface area contributed by atoms with Gasteiger partial charge in [0.15, 0.2) is 8.67 Å². The van der Waals surface area contributed by atoms with Gasteiger partial charge in [0.25, 0.3) is 0 Å². The predicted molar refractivity (Wildman–Crippen MR) is 151 cm³/mol. The number of ether oxygens (including phenoxy) is 2. The number of hydrogen-bond donors (Lipinski definition) is 0. The van der Waals surface area contributed by atoms with Gasteiger partial charge in [-0.3, -0.25) is 0 Å². The first-order valence-electron chi connectivity index (χ1n) is 10.6. The highest BCUT2D eigenvalue weighted by atomic mass is 35.5. The second-order valence-electron chi connectivity index (χ2n) is 10.4. The minimum atomic E-state index is -1.50. The molecular formula is C20H10Cl14O2. The molecule has 6 fully saturated rings. The molecule has 6 aliphatic carbocycles. The maximum atomic E-state index is 6.65. The molecule has 2 nitrogen and oxygen atoms in total. The van der Waals surface area contributed by atoms with Gasteiger partial charge in [0.2, 0.25) is 0 Å². The Balaban J connectivity index is 0.000000122. The molecule has 0 radical (unpaired) electrons. The first-order valence-corrected chi connectivity index (χ1v) is 16.0. The standard InChI is InChI=1S/2C10H5Cl7O/c2*11-3-1-2(4-5(3)18-4)9(15)7(13)6(12)8(1,14)10(9,16)17/h2*1-5H/t2*1-,2+,3+,4-,5+,8+,9-/m10/s1. The van der Waals surface area contributed by atoms with E-state index < -0.39 is 28.2 Å². The van der Waals surface area contributed by atoms with Crippen molar-refractivity contribution in [2.75, 3.05) is 0 Å². The Labute approximate surface area is 276 Å². The van der Waals surface area contributed by atoms with E-state index in [1.54, 1.807) is 0 Å². The molecule has 200 valence electrons. The number of epoxide rings is 2. The monoisotopic (exact) mass is 772 g/mol. The van der Waals surface area contributed by atoms with Crippen LogP contribution < -0.4 is 0 Å². The lowest BCUT2D eigenvalue weighted by molar-refractivity contribution is 0.204. The summed E-state index contributed by atoms with van der Waals surface area (Å²) >= 11 is 90.0. The Morgan fingerprint density at radius 1 is 0.417 bits per heavy atom. The largest absolute Gasteiger partial charge is 0.368 e. The van der Waals surface area contributed by atoms with Crippen LogP contribution in [0.25, 0.3) is 0 Å². The molecule has 2 aliphatic heterocycles. The molecule has 0 spiro atoms. The van der Waals surface area contributed by atoms with Crippen LogP contribution in [-0.4, -0.2) is 63.3 Å². The van der Waals surface area contributed by atoms with Gasteiger partial charge in [0.1, 0.15) is 31.7 Å². The summed E-state index contributed by atoms with van der Waals surface area (Å²) in [7, 11) is 0. The first kappa shape index (κ1) is 28.2. The maximum absolute atomic E-state index is 6.65. The highest BCUT2D eigenvalue weighted by Gasteiger charge is 2.90. The highest BCUT2D eigenvalue weighted by Crippen LogP contribution is 2.82. The van der Waals surface area contributed by atoms with Crippen LogP contribution in [0, 0.1) is 23.7 Å². The minimum Gasteiger partial charge on any atom is -0.368 e. The molecule has 2 heterocycles. The van der Waals surface area contributed by atoms with Crippen molar-refractivity contribution in [1.29, 1.82) is 0 Å². The molecule has 14 atom stereocenters. The zero-order valence-electron chi connectivity index (χ0n) is 16.9. The molecule has 0 N–H and O–H groups in total. The summed E-state index contributed by atoms with van der Waals surface area (Å²) in [5.74, 6) is -0.914. The van der Waals surface area contributed by atoms with Crippen LogP contribution in [-0.2, 0) is 9.47 Å². The Kier molecular flexibility index (Phi) is 6.08. The third-order valence-corrected chi connectivity index (χ3v) is 18.9. The third kappa shape index (κ3) is 2.56. The second-order valence-corrected chi connectivity index (χ2v) is 17.9. The molecule has 8 aliphatic rings. The molecule has 36 heavy (non-hydrogen) atoms. The quantitative estimate of drug-likeness (QED) is 0.182. The molecule has 16 heteroatoms. The smallest absolute Gasteiger partial charge is 0.166 e. The molecule has 4 saturated carbocycles. The Morgan fingerprint density at radius 2 is 0.667 bits per heavy atom. The van der Waals surface area contributed by atoms with E-state index in [2.05, 4.69) is 0 Å². The van der Waals surface area contributed by atoms with Gasteiger partial charge in [-0.25, -0.2) is 0 Å². The Bertz CT molecular complexity index is 1040. The van der Waals surface area contributed by atoms with E-state index in [-0.39, 0.29) is 79.0 Å². The predicted octanol–water partition coefficient (Wildman–Crippen LogP) is 8.91. The zero-order valence-corrected chi connectivity index (χ0v) is 27.5. The Morgan fingerprint density at radius 3 is 0.944 bits per heavy atom. The third-order valence-electron chi connectivity index (χ3n) is 9.25. The summed E-state index contributed by atoms with van der Waals surface area (Å²) in [4.78, 5) is -4.96. The SMILES string of the molecule is ClC1=C(Cl)[C@]2(Cl)[C@@H]3[C@@H](Cl)[C@H]4O[C@H]4[C@@H]3[C@@]1(Cl)C2(Cl)Cl.ClC1=C(Cl)[C@]2(Cl)[C@@H]3[C@H]4O[C@H]4[C@@H](Cl)[C@@H]3[C@@]1(Cl)C2(Cl)Cl. The van der Waals surface area contributed by atoms with Crippen molar-refractivity contribution in [3.05, 3.63) is 20.1 Å². The number of halogens is 14. The van der Waals surface area contributed by atoms with Crippen LogP contribution in [0.1, 0.15) is 0 Å². The van der Waals surface area contributed by atoms with E-state index in [1.165, 1.54) is 0 Å². The van der Waals surface area contributed by atoms with E-state index >= 15 is 0 Å². The van der Waals surface area contributed by atoms with E-state index in [9.17, 15) is 0 Å². The molecule has 2 saturated heterocycles. The van der Waals surface area contributed by atoms with Crippen molar-refractivity contribution >= 4 is 162 Å². The lowest BCUT2D eigenvalue weighted by atomic mass is 9.83. The molecule has 4 bridgehead atoms. The van der Waals surface area contributed by atoms with Crippen LogP contribution in [0.5, 0.6) is 0 Å². The molecule has 0 aromatic rings. The molecular weight excluding hydrogens is 769 g/mol. The average molecular weight is 779 g/mol. The number of fused-ring (bicyclic) bond motifs is 14. The number of alkyl halides is 10. The van der Waals surface area contributed by atoms with Gasteiger partial charge in [0.05, 0.1) is 43.1 Å². The number of allylic oxidation sites excluding steroid dienone is 4. The Hall–Kier alpha value is 3.46. The summed E-state index contributed by atoms with van der Waals surface area (Å²) in [5, 5.41) is 0.222. The summed E-state index contributed by atoms with van der Waals surface area (Å²) in [6.45, 7) is 0. The topological polar surface area (TPSA) is 25.1 Å². The van der Waals surface area contributed by atoms with Gasteiger partial charge < -0.3 is 9.47 Å².